The molecule has 7 nitrogen and oxygen atoms in total. The van der Waals surface area contributed by atoms with Crippen LogP contribution in [0.2, 0.25) is 0 Å². The first-order valence-electron chi connectivity index (χ1n) is 10.6. The fourth-order valence-corrected chi connectivity index (χ4v) is 4.86. The lowest BCUT2D eigenvalue weighted by Crippen LogP contribution is -2.33. The minimum absolute atomic E-state index is 0.147. The summed E-state index contributed by atoms with van der Waals surface area (Å²) in [5, 5.41) is 0.673. The summed E-state index contributed by atoms with van der Waals surface area (Å²) >= 11 is 1.51. The molecule has 0 radical (unpaired) electrons. The number of thiazole rings is 1. The van der Waals surface area contributed by atoms with E-state index in [2.05, 4.69) is 4.90 Å². The quantitative estimate of drug-likeness (QED) is 0.511. The molecule has 0 saturated carbocycles. The van der Waals surface area contributed by atoms with Gasteiger partial charge in [-0.15, -0.1) is 0 Å². The summed E-state index contributed by atoms with van der Waals surface area (Å²) in [5.41, 5.74) is 2.99. The molecule has 0 spiro atoms. The molecule has 1 aliphatic rings. The van der Waals surface area contributed by atoms with E-state index in [0.29, 0.717) is 22.9 Å². The van der Waals surface area contributed by atoms with Crippen LogP contribution in [-0.2, 0) is 9.59 Å². The monoisotopic (exact) mass is 450 g/mol. The van der Waals surface area contributed by atoms with Crippen molar-refractivity contribution in [1.82, 2.24) is 9.88 Å². The summed E-state index contributed by atoms with van der Waals surface area (Å²) in [6.07, 6.45) is 1.27. The maximum atomic E-state index is 13.5. The number of amides is 3. The number of nitrogens with zero attached hydrogens (tertiary/aromatic N) is 4. The second-order valence-corrected chi connectivity index (χ2v) is 9.21. The molecule has 2 aromatic carbocycles. The van der Waals surface area contributed by atoms with E-state index in [-0.39, 0.29) is 30.6 Å². The van der Waals surface area contributed by atoms with Crippen LogP contribution in [0.25, 0.3) is 10.2 Å². The lowest BCUT2D eigenvalue weighted by Gasteiger charge is -2.21. The SMILES string of the molecule is Cc1cccc2sc(N(CCCN(C)C)C(=O)c3ccc(N4C(=O)CCC4=O)cc3)nc12. The third-order valence-electron chi connectivity index (χ3n) is 5.50. The zero-order chi connectivity index (χ0) is 22.8. The molecule has 3 amide bonds. The highest BCUT2D eigenvalue weighted by Crippen LogP contribution is 2.32. The van der Waals surface area contributed by atoms with Gasteiger partial charge in [-0.25, -0.2) is 4.98 Å². The number of imide groups is 1. The van der Waals surface area contributed by atoms with Gasteiger partial charge < -0.3 is 4.90 Å². The minimum atomic E-state index is -0.204. The molecule has 2 heterocycles. The molecule has 1 fully saturated rings. The molecule has 32 heavy (non-hydrogen) atoms. The molecule has 1 saturated heterocycles. The van der Waals surface area contributed by atoms with Crippen LogP contribution in [0, 0.1) is 6.92 Å². The van der Waals surface area contributed by atoms with Gasteiger partial charge in [0.25, 0.3) is 5.91 Å². The summed E-state index contributed by atoms with van der Waals surface area (Å²) < 4.78 is 1.05. The average Bonchev–Trinajstić information content (AvgIpc) is 3.34. The molecule has 166 valence electrons. The Hall–Kier alpha value is -3.10. The highest BCUT2D eigenvalue weighted by molar-refractivity contribution is 7.22. The number of anilines is 2. The molecule has 1 aliphatic heterocycles. The lowest BCUT2D eigenvalue weighted by atomic mass is 10.1. The van der Waals surface area contributed by atoms with Crippen LogP contribution in [0.5, 0.6) is 0 Å². The van der Waals surface area contributed by atoms with Crippen molar-refractivity contribution in [3.8, 4) is 0 Å². The second-order valence-electron chi connectivity index (χ2n) is 8.20. The van der Waals surface area contributed by atoms with Crippen LogP contribution in [-0.4, -0.2) is 54.8 Å². The number of fused-ring (bicyclic) bond motifs is 1. The van der Waals surface area contributed by atoms with E-state index in [4.69, 9.17) is 4.98 Å². The number of hydrogen-bond acceptors (Lipinski definition) is 6. The molecule has 8 heteroatoms. The van der Waals surface area contributed by atoms with E-state index in [1.807, 2.05) is 39.2 Å². The molecule has 0 aliphatic carbocycles. The summed E-state index contributed by atoms with van der Waals surface area (Å²) in [7, 11) is 4.01. The van der Waals surface area contributed by atoms with E-state index in [1.165, 1.54) is 16.2 Å². The summed E-state index contributed by atoms with van der Waals surface area (Å²) in [4.78, 5) is 47.3. The Morgan fingerprint density at radius 1 is 1.03 bits per heavy atom. The topological polar surface area (TPSA) is 73.8 Å². The van der Waals surface area contributed by atoms with Crippen LogP contribution in [0.15, 0.2) is 42.5 Å². The zero-order valence-corrected chi connectivity index (χ0v) is 19.3. The second kappa shape index (κ2) is 9.18. The van der Waals surface area contributed by atoms with Crippen molar-refractivity contribution in [3.63, 3.8) is 0 Å². The van der Waals surface area contributed by atoms with Gasteiger partial charge in [0, 0.05) is 24.9 Å². The third-order valence-corrected chi connectivity index (χ3v) is 6.54. The summed E-state index contributed by atoms with van der Waals surface area (Å²) in [6, 6.07) is 12.7. The van der Waals surface area contributed by atoms with Crippen LogP contribution in [0.4, 0.5) is 10.8 Å². The smallest absolute Gasteiger partial charge is 0.260 e. The highest BCUT2D eigenvalue weighted by atomic mass is 32.1. The minimum Gasteiger partial charge on any atom is -0.309 e. The number of para-hydroxylation sites is 1. The normalized spacial score (nSPS) is 14.1. The van der Waals surface area contributed by atoms with E-state index >= 15 is 0 Å². The highest BCUT2D eigenvalue weighted by Gasteiger charge is 2.30. The third kappa shape index (κ3) is 4.42. The van der Waals surface area contributed by atoms with E-state index in [1.54, 1.807) is 29.2 Å². The molecule has 0 N–H and O–H groups in total. The first kappa shape index (κ1) is 22.1. The van der Waals surface area contributed by atoms with E-state index < -0.39 is 0 Å². The van der Waals surface area contributed by atoms with Gasteiger partial charge in [-0.1, -0.05) is 23.5 Å². The molecule has 0 atom stereocenters. The van der Waals surface area contributed by atoms with Crippen molar-refractivity contribution in [2.24, 2.45) is 0 Å². The standard InChI is InChI=1S/C24H26N4O3S/c1-16-6-4-7-19-22(16)25-24(32-19)27(15-5-14-26(2)3)23(31)17-8-10-18(11-9-17)28-20(29)12-13-21(28)30/h4,6-11H,5,12-15H2,1-3H3. The Labute approximate surface area is 191 Å². The average molecular weight is 451 g/mol. The number of rotatable bonds is 7. The van der Waals surface area contributed by atoms with Crippen molar-refractivity contribution in [1.29, 1.82) is 0 Å². The molecule has 4 rings (SSSR count). The lowest BCUT2D eigenvalue weighted by molar-refractivity contribution is -0.121. The molecule has 1 aromatic heterocycles. The van der Waals surface area contributed by atoms with Crippen LogP contribution in [0.3, 0.4) is 0 Å². The fraction of sp³-hybridized carbons (Fsp3) is 0.333. The Balaban J connectivity index is 1.62. The molecule has 3 aromatic rings. The van der Waals surface area contributed by atoms with Gasteiger partial charge in [0.15, 0.2) is 5.13 Å². The number of carbonyl (C=O) groups is 3. The number of hydrogen-bond donors (Lipinski definition) is 0. The fourth-order valence-electron chi connectivity index (χ4n) is 3.79. The van der Waals surface area contributed by atoms with Crippen molar-refractivity contribution in [2.45, 2.75) is 26.2 Å². The van der Waals surface area contributed by atoms with Crippen molar-refractivity contribution < 1.29 is 14.4 Å². The van der Waals surface area contributed by atoms with Gasteiger partial charge in [0.2, 0.25) is 11.8 Å². The van der Waals surface area contributed by atoms with Crippen molar-refractivity contribution in [2.75, 3.05) is 37.0 Å². The van der Waals surface area contributed by atoms with Gasteiger partial charge in [0.05, 0.1) is 15.9 Å². The predicted molar refractivity (Wildman–Crippen MR) is 127 cm³/mol. The van der Waals surface area contributed by atoms with Gasteiger partial charge in [-0.05, 0) is 69.9 Å². The molecule has 0 unspecified atom stereocenters. The Kier molecular flexibility index (Phi) is 6.34. The summed E-state index contributed by atoms with van der Waals surface area (Å²) in [6.45, 7) is 3.41. The number of aromatic nitrogens is 1. The van der Waals surface area contributed by atoms with E-state index in [0.717, 1.165) is 28.7 Å². The number of carbonyl (C=O) groups excluding carboxylic acids is 3. The van der Waals surface area contributed by atoms with Gasteiger partial charge in [0.1, 0.15) is 0 Å². The van der Waals surface area contributed by atoms with Gasteiger partial charge >= 0.3 is 0 Å². The van der Waals surface area contributed by atoms with Crippen LogP contribution in [0.1, 0.15) is 35.2 Å². The number of aryl methyl sites for hydroxylation is 1. The first-order chi connectivity index (χ1) is 15.3. The Morgan fingerprint density at radius 3 is 2.34 bits per heavy atom. The predicted octanol–water partition coefficient (Wildman–Crippen LogP) is 3.86. The summed E-state index contributed by atoms with van der Waals surface area (Å²) in [5.74, 6) is -0.556. The largest absolute Gasteiger partial charge is 0.309 e. The van der Waals surface area contributed by atoms with Crippen LogP contribution < -0.4 is 9.80 Å². The maximum Gasteiger partial charge on any atom is 0.260 e. The number of benzene rings is 2. The maximum absolute atomic E-state index is 13.5. The van der Waals surface area contributed by atoms with Gasteiger partial charge in [-0.3, -0.25) is 24.2 Å². The van der Waals surface area contributed by atoms with E-state index in [9.17, 15) is 14.4 Å². The van der Waals surface area contributed by atoms with Gasteiger partial charge in [-0.2, -0.15) is 0 Å². The Bertz CT molecular complexity index is 1150. The zero-order valence-electron chi connectivity index (χ0n) is 18.5. The first-order valence-corrected chi connectivity index (χ1v) is 11.5. The van der Waals surface area contributed by atoms with Crippen LogP contribution >= 0.6 is 11.3 Å². The van der Waals surface area contributed by atoms with Crippen molar-refractivity contribution >= 4 is 50.1 Å². The van der Waals surface area contributed by atoms with Crippen molar-refractivity contribution in [3.05, 3.63) is 53.6 Å². The Morgan fingerprint density at radius 2 is 1.72 bits per heavy atom. The molecule has 0 bridgehead atoms. The molecular weight excluding hydrogens is 424 g/mol. The molecular formula is C24H26N4O3S.